The second-order valence-corrected chi connectivity index (χ2v) is 18.8. The molecular weight excluding hydrogens is 726 g/mol. The lowest BCUT2D eigenvalue weighted by atomic mass is 9.90. The smallest absolute Gasteiger partial charge is 0.180 e. The monoisotopic (exact) mass is 763 g/mol. The van der Waals surface area contributed by atoms with Crippen molar-refractivity contribution in [2.45, 2.75) is 0 Å². The Morgan fingerprint density at radius 1 is 0.316 bits per heavy atom. The molecule has 0 saturated carbocycles. The van der Waals surface area contributed by atoms with Crippen LogP contribution in [0, 0.1) is 0 Å². The first-order chi connectivity index (χ1) is 28.2. The first-order valence-corrected chi connectivity index (χ1v) is 21.8. The van der Waals surface area contributed by atoms with E-state index in [2.05, 4.69) is 223 Å². The van der Waals surface area contributed by atoms with Gasteiger partial charge in [0.2, 0.25) is 0 Å². The third-order valence-electron chi connectivity index (χ3n) is 11.4. The predicted octanol–water partition coefficient (Wildman–Crippen LogP) is 12.2. The van der Waals surface area contributed by atoms with Crippen LogP contribution in [-0.2, 0) is 0 Å². The number of hydrogen-bond donors (Lipinski definition) is 0. The fraction of sp³-hybridized carbons (Fsp3) is 0. The van der Waals surface area contributed by atoms with Gasteiger partial charge in [0.15, 0.2) is 8.07 Å². The average Bonchev–Trinajstić information content (AvgIpc) is 3.58. The Morgan fingerprint density at radius 3 is 1.32 bits per heavy atom. The van der Waals surface area contributed by atoms with Gasteiger partial charge in [0.1, 0.15) is 0 Å². The summed E-state index contributed by atoms with van der Waals surface area (Å²) < 4.78 is 0. The fourth-order valence-corrected chi connectivity index (χ4v) is 14.2. The van der Waals surface area contributed by atoms with E-state index in [0.29, 0.717) is 0 Å². The van der Waals surface area contributed by atoms with E-state index in [9.17, 15) is 0 Å². The number of benzene rings is 9. The Balaban J connectivity index is 1.21. The molecule has 57 heavy (non-hydrogen) atoms. The molecule has 1 heterocycles. The van der Waals surface area contributed by atoms with E-state index < -0.39 is 8.07 Å². The molecule has 0 spiro atoms. The number of anilines is 3. The fourth-order valence-electron chi connectivity index (χ4n) is 8.85. The van der Waals surface area contributed by atoms with Gasteiger partial charge in [-0.1, -0.05) is 181 Å². The van der Waals surface area contributed by atoms with Gasteiger partial charge in [0, 0.05) is 22.1 Å². The average molecular weight is 764 g/mol. The summed E-state index contributed by atoms with van der Waals surface area (Å²) in [6.45, 7) is 0. The summed E-state index contributed by atoms with van der Waals surface area (Å²) in [4.78, 5) is 2.31. The van der Waals surface area contributed by atoms with Crippen LogP contribution in [0.4, 0.5) is 17.1 Å². The molecule has 0 aromatic heterocycles. The molecule has 0 radical (unpaired) electrons. The largest absolute Gasteiger partial charge is 0.311 e. The molecule has 3 heteroatoms. The molecule has 0 aliphatic carbocycles. The van der Waals surface area contributed by atoms with Gasteiger partial charge in [-0.2, -0.15) is 0 Å². The molecular formula is C54H38ClNSi. The van der Waals surface area contributed by atoms with Crippen LogP contribution in [0.25, 0.3) is 44.5 Å². The van der Waals surface area contributed by atoms with Gasteiger partial charge in [-0.25, -0.2) is 0 Å². The van der Waals surface area contributed by atoms with Crippen LogP contribution in [0.1, 0.15) is 0 Å². The minimum atomic E-state index is -2.82. The van der Waals surface area contributed by atoms with Crippen molar-refractivity contribution < 1.29 is 0 Å². The van der Waals surface area contributed by atoms with Crippen LogP contribution in [0.3, 0.4) is 0 Å². The van der Waals surface area contributed by atoms with Crippen LogP contribution < -0.4 is 25.6 Å². The first kappa shape index (κ1) is 34.8. The van der Waals surface area contributed by atoms with E-state index >= 15 is 0 Å². The molecule has 0 saturated heterocycles. The number of rotatable bonds is 8. The molecule has 9 aromatic carbocycles. The number of nitrogens with zero attached hydrogens (tertiary/aromatic N) is 1. The van der Waals surface area contributed by atoms with Crippen molar-refractivity contribution in [3.8, 4) is 44.5 Å². The predicted molar refractivity (Wildman–Crippen MR) is 245 cm³/mol. The van der Waals surface area contributed by atoms with Gasteiger partial charge in [-0.3, -0.25) is 0 Å². The van der Waals surface area contributed by atoms with Crippen LogP contribution in [-0.4, -0.2) is 8.07 Å². The molecule has 0 atom stereocenters. The standard InChI is InChI=1S/C54H38ClNSi/c55-44-31-26-40(27-32-44)43-37-50(41-16-6-1-7-17-41)54-51-36-42(39-28-33-47(34-29-39)56(45-18-8-2-9-19-45)46-20-10-3-11-21-46)30-35-52(51)57(53(54)38-43,48-22-12-4-13-23-48)49-24-14-5-15-25-49/h1-38H. The maximum Gasteiger partial charge on any atom is 0.180 e. The molecule has 0 unspecified atom stereocenters. The topological polar surface area (TPSA) is 3.24 Å². The number of hydrogen-bond acceptors (Lipinski definition) is 1. The van der Waals surface area contributed by atoms with Gasteiger partial charge < -0.3 is 4.90 Å². The van der Waals surface area contributed by atoms with Gasteiger partial charge in [-0.15, -0.1) is 0 Å². The van der Waals surface area contributed by atoms with Crippen molar-refractivity contribution in [1.29, 1.82) is 0 Å². The van der Waals surface area contributed by atoms with Crippen LogP contribution in [0.15, 0.2) is 231 Å². The third kappa shape index (κ3) is 6.11. The van der Waals surface area contributed by atoms with E-state index in [0.717, 1.165) is 27.6 Å². The highest BCUT2D eigenvalue weighted by Gasteiger charge is 2.49. The van der Waals surface area contributed by atoms with Crippen LogP contribution in [0.2, 0.25) is 5.02 Å². The normalized spacial score (nSPS) is 12.4. The Hall–Kier alpha value is -6.71. The Bertz CT molecular complexity index is 2730. The molecule has 270 valence electrons. The summed E-state index contributed by atoms with van der Waals surface area (Å²) in [7, 11) is -2.82. The number of para-hydroxylation sites is 2. The van der Waals surface area contributed by atoms with Gasteiger partial charge >= 0.3 is 0 Å². The lowest BCUT2D eigenvalue weighted by molar-refractivity contribution is 1.28. The van der Waals surface area contributed by atoms with Crippen molar-refractivity contribution in [2.75, 3.05) is 4.90 Å². The van der Waals surface area contributed by atoms with E-state index in [1.165, 1.54) is 59.7 Å². The summed E-state index contributed by atoms with van der Waals surface area (Å²) in [5, 5.41) is 6.32. The Morgan fingerprint density at radius 2 is 0.754 bits per heavy atom. The van der Waals surface area contributed by atoms with E-state index in [4.69, 9.17) is 11.6 Å². The molecule has 0 bridgehead atoms. The molecule has 10 rings (SSSR count). The maximum atomic E-state index is 6.44. The van der Waals surface area contributed by atoms with Crippen molar-refractivity contribution in [3.63, 3.8) is 0 Å². The van der Waals surface area contributed by atoms with Crippen molar-refractivity contribution >= 4 is 57.5 Å². The Kier molecular flexibility index (Phi) is 8.99. The molecule has 9 aromatic rings. The second-order valence-electron chi connectivity index (χ2n) is 14.6. The molecule has 0 N–H and O–H groups in total. The molecule has 1 aliphatic heterocycles. The zero-order valence-corrected chi connectivity index (χ0v) is 33.0. The zero-order chi connectivity index (χ0) is 38.2. The maximum absolute atomic E-state index is 6.44. The third-order valence-corrected chi connectivity index (χ3v) is 16.5. The molecule has 1 nitrogen and oxygen atoms in total. The SMILES string of the molecule is Clc1ccc(-c2cc(-c3ccccc3)c3c(c2)[Si](c2ccccc2)(c2ccccc2)c2ccc(-c4ccc(N(c5ccccc5)c5ccccc5)cc4)cc2-3)cc1. The van der Waals surface area contributed by atoms with Gasteiger partial charge in [0.05, 0.1) is 0 Å². The highest BCUT2D eigenvalue weighted by Crippen LogP contribution is 2.42. The lowest BCUT2D eigenvalue weighted by Crippen LogP contribution is -2.72. The summed E-state index contributed by atoms with van der Waals surface area (Å²) in [6.07, 6.45) is 0. The van der Waals surface area contributed by atoms with E-state index in [-0.39, 0.29) is 0 Å². The summed E-state index contributed by atoms with van der Waals surface area (Å²) in [6, 6.07) is 84.0. The number of halogens is 1. The minimum absolute atomic E-state index is 0.737. The molecule has 1 aliphatic rings. The van der Waals surface area contributed by atoms with Crippen molar-refractivity contribution in [2.24, 2.45) is 0 Å². The van der Waals surface area contributed by atoms with E-state index in [1.54, 1.807) is 0 Å². The van der Waals surface area contributed by atoms with E-state index in [1.807, 2.05) is 12.1 Å². The second kappa shape index (κ2) is 14.7. The summed E-state index contributed by atoms with van der Waals surface area (Å²) in [5.41, 5.74) is 13.2. The van der Waals surface area contributed by atoms with Crippen molar-refractivity contribution in [1.82, 2.24) is 0 Å². The Labute approximate surface area is 340 Å². The highest BCUT2D eigenvalue weighted by atomic mass is 35.5. The van der Waals surface area contributed by atoms with Crippen LogP contribution >= 0.6 is 11.6 Å². The number of fused-ring (bicyclic) bond motifs is 3. The van der Waals surface area contributed by atoms with Crippen molar-refractivity contribution in [3.05, 3.63) is 236 Å². The molecule has 0 fully saturated rings. The first-order valence-electron chi connectivity index (χ1n) is 19.4. The summed E-state index contributed by atoms with van der Waals surface area (Å²) >= 11 is 6.44. The zero-order valence-electron chi connectivity index (χ0n) is 31.3. The van der Waals surface area contributed by atoms with Gasteiger partial charge in [-0.05, 0) is 126 Å². The quantitative estimate of drug-likeness (QED) is 0.139. The van der Waals surface area contributed by atoms with Crippen LogP contribution in [0.5, 0.6) is 0 Å². The highest BCUT2D eigenvalue weighted by molar-refractivity contribution is 7.22. The summed E-state index contributed by atoms with van der Waals surface area (Å²) in [5.74, 6) is 0. The lowest BCUT2D eigenvalue weighted by Gasteiger charge is -2.32. The molecule has 0 amide bonds. The van der Waals surface area contributed by atoms with Gasteiger partial charge in [0.25, 0.3) is 0 Å². The minimum Gasteiger partial charge on any atom is -0.311 e.